The first-order chi connectivity index (χ1) is 14.7. The molecule has 1 unspecified atom stereocenters. The highest BCUT2D eigenvalue weighted by Gasteiger charge is 2.40. The Balaban J connectivity index is 1.35. The minimum atomic E-state index is -0.549. The predicted molar refractivity (Wildman–Crippen MR) is 125 cm³/mol. The van der Waals surface area contributed by atoms with Crippen LogP contribution in [-0.4, -0.2) is 59.3 Å². The molecule has 30 heavy (non-hydrogen) atoms. The van der Waals surface area contributed by atoms with Crippen LogP contribution in [-0.2, 0) is 0 Å². The van der Waals surface area contributed by atoms with Gasteiger partial charge in [-0.3, -0.25) is 0 Å². The third-order valence-electron chi connectivity index (χ3n) is 8.20. The number of aliphatic hydroxyl groups is 1. The largest absolute Gasteiger partial charge is 0.389 e. The summed E-state index contributed by atoms with van der Waals surface area (Å²) in [5.41, 5.74) is 0.784. The molecule has 2 saturated heterocycles. The van der Waals surface area contributed by atoms with Gasteiger partial charge in [0.2, 0.25) is 0 Å². The lowest BCUT2D eigenvalue weighted by Gasteiger charge is -2.44. The van der Waals surface area contributed by atoms with E-state index in [9.17, 15) is 5.11 Å². The summed E-state index contributed by atoms with van der Waals surface area (Å²) in [5.74, 6) is 0.214. The van der Waals surface area contributed by atoms with E-state index in [0.717, 1.165) is 38.3 Å². The van der Waals surface area contributed by atoms with Crippen LogP contribution in [0.4, 0.5) is 0 Å². The Kier molecular flexibility index (Phi) is 6.13. The lowest BCUT2D eigenvalue weighted by Crippen LogP contribution is -2.48. The van der Waals surface area contributed by atoms with Gasteiger partial charge in [-0.2, -0.15) is 0 Å². The van der Waals surface area contributed by atoms with Crippen molar-refractivity contribution in [2.45, 2.75) is 75.3 Å². The lowest BCUT2D eigenvalue weighted by atomic mass is 9.72. The maximum Gasteiger partial charge on any atom is 0.0728 e. The minimum absolute atomic E-state index is 0.214. The van der Waals surface area contributed by atoms with Crippen molar-refractivity contribution in [3.8, 4) is 0 Å². The monoisotopic (exact) mass is 406 g/mol. The molecule has 2 aromatic carbocycles. The number of rotatable bonds is 5. The Morgan fingerprint density at radius 1 is 0.833 bits per heavy atom. The fourth-order valence-corrected chi connectivity index (χ4v) is 6.35. The zero-order chi connectivity index (χ0) is 20.4. The predicted octanol–water partition coefficient (Wildman–Crippen LogP) is 5.18. The van der Waals surface area contributed by atoms with Gasteiger partial charge in [-0.15, -0.1) is 0 Å². The fraction of sp³-hybridized carbons (Fsp3) is 0.630. The number of hydrogen-bond acceptors (Lipinski definition) is 3. The van der Waals surface area contributed by atoms with Crippen LogP contribution >= 0.6 is 0 Å². The van der Waals surface area contributed by atoms with Gasteiger partial charge < -0.3 is 14.9 Å². The van der Waals surface area contributed by atoms with Gasteiger partial charge in [-0.05, 0) is 81.0 Å². The minimum Gasteiger partial charge on any atom is -0.389 e. The zero-order valence-electron chi connectivity index (χ0n) is 18.4. The molecule has 0 radical (unpaired) electrons. The third-order valence-corrected chi connectivity index (χ3v) is 8.20. The van der Waals surface area contributed by atoms with Crippen LogP contribution in [0.2, 0.25) is 0 Å². The van der Waals surface area contributed by atoms with Crippen molar-refractivity contribution in [3.63, 3.8) is 0 Å². The van der Waals surface area contributed by atoms with Crippen molar-refractivity contribution in [3.05, 3.63) is 48.0 Å². The molecule has 3 nitrogen and oxygen atoms in total. The van der Waals surface area contributed by atoms with E-state index in [2.05, 4.69) is 52.3 Å². The Labute approximate surface area is 182 Å². The van der Waals surface area contributed by atoms with Gasteiger partial charge in [0.05, 0.1) is 5.60 Å². The van der Waals surface area contributed by atoms with Gasteiger partial charge in [0.15, 0.2) is 0 Å². The number of nitrogens with zero attached hydrogens (tertiary/aromatic N) is 2. The van der Waals surface area contributed by atoms with Crippen LogP contribution in [0, 0.1) is 0 Å². The molecule has 0 bridgehead atoms. The Morgan fingerprint density at radius 2 is 1.53 bits per heavy atom. The first kappa shape index (κ1) is 20.5. The molecule has 1 N–H and O–H groups in total. The molecule has 3 fully saturated rings. The van der Waals surface area contributed by atoms with E-state index < -0.39 is 5.60 Å². The van der Waals surface area contributed by atoms with Gasteiger partial charge in [0.25, 0.3) is 0 Å². The van der Waals surface area contributed by atoms with Crippen molar-refractivity contribution < 1.29 is 5.11 Å². The summed E-state index contributed by atoms with van der Waals surface area (Å²) in [5, 5.41) is 14.4. The maximum absolute atomic E-state index is 11.8. The zero-order valence-corrected chi connectivity index (χ0v) is 18.4. The standard InChI is InChI=1S/C27H38N2O/c30-27(14-4-1-5-15-27)26(24-11-10-22-8-2-3-9-23(22)20-24)21-28-18-12-25(13-19-28)29-16-6-7-17-29/h2-3,8-11,20,25-26,30H,1,4-7,12-19,21H2. The Morgan fingerprint density at radius 3 is 2.27 bits per heavy atom. The van der Waals surface area contributed by atoms with E-state index in [0.29, 0.717) is 0 Å². The van der Waals surface area contributed by atoms with E-state index in [4.69, 9.17) is 0 Å². The molecular formula is C27H38N2O. The summed E-state index contributed by atoms with van der Waals surface area (Å²) in [6.07, 6.45) is 10.9. The van der Waals surface area contributed by atoms with Crippen molar-refractivity contribution in [1.82, 2.24) is 9.80 Å². The summed E-state index contributed by atoms with van der Waals surface area (Å²) in [6, 6.07) is 16.3. The Bertz CT molecular complexity index is 830. The molecule has 0 spiro atoms. The van der Waals surface area contributed by atoms with Gasteiger partial charge >= 0.3 is 0 Å². The summed E-state index contributed by atoms with van der Waals surface area (Å²) < 4.78 is 0. The van der Waals surface area contributed by atoms with Crippen LogP contribution in [0.3, 0.4) is 0 Å². The maximum atomic E-state index is 11.8. The van der Waals surface area contributed by atoms with Crippen molar-refractivity contribution >= 4 is 10.8 Å². The second-order valence-electron chi connectivity index (χ2n) is 10.1. The van der Waals surface area contributed by atoms with E-state index >= 15 is 0 Å². The molecule has 0 amide bonds. The number of hydrogen-bond donors (Lipinski definition) is 1. The van der Waals surface area contributed by atoms with E-state index in [1.54, 1.807) is 0 Å². The van der Waals surface area contributed by atoms with Gasteiger partial charge in [0, 0.05) is 18.5 Å². The normalized spacial score (nSPS) is 25.0. The first-order valence-corrected chi connectivity index (χ1v) is 12.4. The topological polar surface area (TPSA) is 26.7 Å². The van der Waals surface area contributed by atoms with E-state index in [1.165, 1.54) is 74.6 Å². The number of piperidine rings is 1. The second-order valence-corrected chi connectivity index (χ2v) is 10.1. The molecule has 1 aliphatic carbocycles. The first-order valence-electron chi connectivity index (χ1n) is 12.4. The third kappa shape index (κ3) is 4.30. The molecular weight excluding hydrogens is 368 g/mol. The van der Waals surface area contributed by atoms with Crippen LogP contribution in [0.1, 0.15) is 69.3 Å². The quantitative estimate of drug-likeness (QED) is 0.741. The highest BCUT2D eigenvalue weighted by atomic mass is 16.3. The molecule has 2 aliphatic heterocycles. The highest BCUT2D eigenvalue weighted by molar-refractivity contribution is 5.83. The number of likely N-dealkylation sites (tertiary alicyclic amines) is 2. The molecule has 5 rings (SSSR count). The molecule has 0 aromatic heterocycles. The van der Waals surface area contributed by atoms with Crippen molar-refractivity contribution in [2.75, 3.05) is 32.7 Å². The second kappa shape index (κ2) is 8.98. The van der Waals surface area contributed by atoms with E-state index in [1.807, 2.05) is 0 Å². The van der Waals surface area contributed by atoms with Crippen molar-refractivity contribution in [1.29, 1.82) is 0 Å². The summed E-state index contributed by atoms with van der Waals surface area (Å²) >= 11 is 0. The van der Waals surface area contributed by atoms with Gasteiger partial charge in [-0.1, -0.05) is 61.7 Å². The van der Waals surface area contributed by atoms with Crippen LogP contribution in [0.5, 0.6) is 0 Å². The lowest BCUT2D eigenvalue weighted by molar-refractivity contribution is -0.0338. The summed E-state index contributed by atoms with van der Waals surface area (Å²) in [7, 11) is 0. The molecule has 2 aromatic rings. The smallest absolute Gasteiger partial charge is 0.0728 e. The molecule has 1 saturated carbocycles. The molecule has 3 heteroatoms. The number of benzene rings is 2. The fourth-order valence-electron chi connectivity index (χ4n) is 6.35. The van der Waals surface area contributed by atoms with Crippen molar-refractivity contribution in [2.24, 2.45) is 0 Å². The molecule has 2 heterocycles. The van der Waals surface area contributed by atoms with Gasteiger partial charge in [-0.25, -0.2) is 0 Å². The summed E-state index contributed by atoms with van der Waals surface area (Å²) in [4.78, 5) is 5.38. The average molecular weight is 407 g/mol. The SMILES string of the molecule is OC1(C(CN2CCC(N3CCCC3)CC2)c2ccc3ccccc3c2)CCCCC1. The van der Waals surface area contributed by atoms with Gasteiger partial charge in [0.1, 0.15) is 0 Å². The van der Waals surface area contributed by atoms with E-state index in [-0.39, 0.29) is 5.92 Å². The molecule has 162 valence electrons. The summed E-state index contributed by atoms with van der Waals surface area (Å²) in [6.45, 7) is 5.98. The van der Waals surface area contributed by atoms with Crippen LogP contribution in [0.25, 0.3) is 10.8 Å². The highest BCUT2D eigenvalue weighted by Crippen LogP contribution is 2.41. The molecule has 3 aliphatic rings. The van der Waals surface area contributed by atoms with Crippen LogP contribution < -0.4 is 0 Å². The number of fused-ring (bicyclic) bond motifs is 1. The average Bonchev–Trinajstić information content (AvgIpc) is 3.33. The molecule has 1 atom stereocenters. The van der Waals surface area contributed by atoms with Crippen LogP contribution in [0.15, 0.2) is 42.5 Å². The Hall–Kier alpha value is -1.42.